The first kappa shape index (κ1) is 17.4. The van der Waals surface area contributed by atoms with Crippen molar-refractivity contribution in [1.29, 1.82) is 0 Å². The van der Waals surface area contributed by atoms with Gasteiger partial charge in [0, 0.05) is 32.2 Å². The molecule has 0 heterocycles. The number of carbonyl (C=O) groups excluding carboxylic acids is 1. The van der Waals surface area contributed by atoms with Crippen LogP contribution in [0, 0.1) is 5.82 Å². The Morgan fingerprint density at radius 2 is 2.14 bits per heavy atom. The van der Waals surface area contributed by atoms with E-state index in [9.17, 15) is 19.4 Å². The predicted octanol–water partition coefficient (Wildman–Crippen LogP) is 0.729. The summed E-state index contributed by atoms with van der Waals surface area (Å²) in [5.41, 5.74) is -0.0323. The lowest BCUT2D eigenvalue weighted by Gasteiger charge is -2.19. The molecule has 1 aromatic rings. The molecule has 0 saturated carbocycles. The summed E-state index contributed by atoms with van der Waals surface area (Å²) in [5, 5.41) is 22.2. The van der Waals surface area contributed by atoms with Crippen molar-refractivity contribution in [2.75, 3.05) is 20.4 Å². The molecule has 2 unspecified atom stereocenters. The third-order valence-corrected chi connectivity index (χ3v) is 2.81. The van der Waals surface area contributed by atoms with Crippen molar-refractivity contribution in [3.05, 3.63) is 29.6 Å². The third kappa shape index (κ3) is 5.66. The summed E-state index contributed by atoms with van der Waals surface area (Å²) in [6.45, 7) is 1.53. The SMILES string of the molecule is COCOc1ccc(C(O)C(O)CCNC(C)=O)c(F)c1. The summed E-state index contributed by atoms with van der Waals surface area (Å²) >= 11 is 0. The topological polar surface area (TPSA) is 88.0 Å². The molecule has 0 bridgehead atoms. The Balaban J connectivity index is 2.64. The molecule has 1 rings (SSSR count). The fourth-order valence-electron chi connectivity index (χ4n) is 1.73. The van der Waals surface area contributed by atoms with E-state index in [1.54, 1.807) is 0 Å². The maximum Gasteiger partial charge on any atom is 0.216 e. The van der Waals surface area contributed by atoms with Gasteiger partial charge in [-0.15, -0.1) is 0 Å². The average molecular weight is 301 g/mol. The zero-order valence-electron chi connectivity index (χ0n) is 12.0. The Morgan fingerprint density at radius 1 is 1.43 bits per heavy atom. The molecule has 0 saturated heterocycles. The van der Waals surface area contributed by atoms with Gasteiger partial charge in [0.05, 0.1) is 6.10 Å². The second-order valence-corrected chi connectivity index (χ2v) is 4.52. The number of amides is 1. The number of methoxy groups -OCH3 is 1. The molecule has 7 heteroatoms. The van der Waals surface area contributed by atoms with Gasteiger partial charge in [0.25, 0.3) is 0 Å². The van der Waals surface area contributed by atoms with Crippen LogP contribution in [0.5, 0.6) is 5.75 Å². The Labute approximate surface area is 122 Å². The summed E-state index contributed by atoms with van der Waals surface area (Å²) in [6, 6.07) is 3.92. The highest BCUT2D eigenvalue weighted by atomic mass is 19.1. The van der Waals surface area contributed by atoms with Crippen molar-refractivity contribution in [2.45, 2.75) is 25.6 Å². The van der Waals surface area contributed by atoms with Crippen LogP contribution >= 0.6 is 0 Å². The van der Waals surface area contributed by atoms with Crippen molar-refractivity contribution < 1.29 is 28.9 Å². The molecular weight excluding hydrogens is 281 g/mol. The number of hydrogen-bond donors (Lipinski definition) is 3. The second kappa shape index (κ2) is 8.56. The molecule has 1 aromatic carbocycles. The highest BCUT2D eigenvalue weighted by molar-refractivity contribution is 5.72. The van der Waals surface area contributed by atoms with Gasteiger partial charge in [-0.3, -0.25) is 4.79 Å². The molecule has 21 heavy (non-hydrogen) atoms. The number of carbonyl (C=O) groups is 1. The van der Waals surface area contributed by atoms with Gasteiger partial charge in [0.2, 0.25) is 5.91 Å². The van der Waals surface area contributed by atoms with Gasteiger partial charge in [0.1, 0.15) is 17.7 Å². The zero-order valence-corrected chi connectivity index (χ0v) is 12.0. The van der Waals surface area contributed by atoms with Gasteiger partial charge in [-0.05, 0) is 18.6 Å². The van der Waals surface area contributed by atoms with Crippen LogP contribution in [0.1, 0.15) is 25.0 Å². The highest BCUT2D eigenvalue weighted by Crippen LogP contribution is 2.25. The summed E-state index contributed by atoms with van der Waals surface area (Å²) in [4.78, 5) is 10.7. The Hall–Kier alpha value is -1.70. The lowest BCUT2D eigenvalue weighted by molar-refractivity contribution is -0.119. The summed E-state index contributed by atoms with van der Waals surface area (Å²) in [6.07, 6.45) is -2.45. The normalized spacial score (nSPS) is 13.6. The molecule has 3 N–H and O–H groups in total. The van der Waals surface area contributed by atoms with Crippen LogP contribution < -0.4 is 10.1 Å². The van der Waals surface area contributed by atoms with Crippen LogP contribution in [0.2, 0.25) is 0 Å². The van der Waals surface area contributed by atoms with Crippen molar-refractivity contribution in [1.82, 2.24) is 5.32 Å². The van der Waals surface area contributed by atoms with E-state index in [1.165, 1.54) is 26.2 Å². The van der Waals surface area contributed by atoms with E-state index < -0.39 is 18.0 Å². The molecule has 118 valence electrons. The maximum atomic E-state index is 13.9. The lowest BCUT2D eigenvalue weighted by Crippen LogP contribution is -2.28. The molecule has 0 spiro atoms. The summed E-state index contributed by atoms with van der Waals surface area (Å²) < 4.78 is 23.6. The van der Waals surface area contributed by atoms with Gasteiger partial charge in [-0.1, -0.05) is 0 Å². The number of hydrogen-bond acceptors (Lipinski definition) is 5. The Morgan fingerprint density at radius 3 is 2.71 bits per heavy atom. The van der Waals surface area contributed by atoms with E-state index in [0.717, 1.165) is 6.07 Å². The number of aliphatic hydroxyl groups excluding tert-OH is 2. The lowest BCUT2D eigenvalue weighted by atomic mass is 10.0. The number of rotatable bonds is 8. The van der Waals surface area contributed by atoms with Gasteiger partial charge in [-0.2, -0.15) is 0 Å². The van der Waals surface area contributed by atoms with E-state index in [0.29, 0.717) is 0 Å². The first-order valence-corrected chi connectivity index (χ1v) is 6.47. The van der Waals surface area contributed by atoms with E-state index in [4.69, 9.17) is 9.47 Å². The molecular formula is C14H20FNO5. The van der Waals surface area contributed by atoms with E-state index >= 15 is 0 Å². The largest absolute Gasteiger partial charge is 0.467 e. The number of benzene rings is 1. The zero-order chi connectivity index (χ0) is 15.8. The minimum atomic E-state index is -1.38. The molecule has 0 radical (unpaired) electrons. The smallest absolute Gasteiger partial charge is 0.216 e. The average Bonchev–Trinajstić information content (AvgIpc) is 2.44. The van der Waals surface area contributed by atoms with Crippen LogP contribution in [-0.2, 0) is 9.53 Å². The van der Waals surface area contributed by atoms with Crippen LogP contribution in [0.3, 0.4) is 0 Å². The number of aliphatic hydroxyl groups is 2. The van der Waals surface area contributed by atoms with Crippen LogP contribution in [0.4, 0.5) is 4.39 Å². The molecule has 2 atom stereocenters. The molecule has 0 aliphatic carbocycles. The van der Waals surface area contributed by atoms with Crippen LogP contribution in [-0.4, -0.2) is 42.7 Å². The van der Waals surface area contributed by atoms with Gasteiger partial charge in [0.15, 0.2) is 6.79 Å². The molecule has 0 fully saturated rings. The van der Waals surface area contributed by atoms with Crippen LogP contribution in [0.15, 0.2) is 18.2 Å². The quantitative estimate of drug-likeness (QED) is 0.616. The van der Waals surface area contributed by atoms with Crippen LogP contribution in [0.25, 0.3) is 0 Å². The minimum absolute atomic E-state index is 0.0132. The Kier molecular flexibility index (Phi) is 7.07. The number of nitrogens with one attached hydrogen (secondary N) is 1. The summed E-state index contributed by atoms with van der Waals surface area (Å²) in [7, 11) is 1.44. The standard InChI is InChI=1S/C14H20FNO5/c1-9(17)16-6-5-13(18)14(19)11-4-3-10(7-12(11)15)21-8-20-2/h3-4,7,13-14,18-19H,5-6,8H2,1-2H3,(H,16,17). The first-order valence-electron chi connectivity index (χ1n) is 6.47. The third-order valence-electron chi connectivity index (χ3n) is 2.81. The molecule has 0 aliphatic heterocycles. The monoisotopic (exact) mass is 301 g/mol. The Bertz CT molecular complexity index is 469. The highest BCUT2D eigenvalue weighted by Gasteiger charge is 2.21. The molecule has 6 nitrogen and oxygen atoms in total. The van der Waals surface area contributed by atoms with E-state index in [2.05, 4.69) is 5.32 Å². The molecule has 1 amide bonds. The molecule has 0 aliphatic rings. The van der Waals surface area contributed by atoms with Crippen molar-refractivity contribution in [2.24, 2.45) is 0 Å². The van der Waals surface area contributed by atoms with E-state index in [1.807, 2.05) is 0 Å². The second-order valence-electron chi connectivity index (χ2n) is 4.52. The first-order chi connectivity index (χ1) is 9.95. The fraction of sp³-hybridized carbons (Fsp3) is 0.500. The minimum Gasteiger partial charge on any atom is -0.467 e. The number of halogens is 1. The van der Waals surface area contributed by atoms with Crippen molar-refractivity contribution in [3.8, 4) is 5.75 Å². The fourth-order valence-corrected chi connectivity index (χ4v) is 1.73. The van der Waals surface area contributed by atoms with E-state index in [-0.39, 0.29) is 37.0 Å². The van der Waals surface area contributed by atoms with Crippen molar-refractivity contribution >= 4 is 5.91 Å². The number of ether oxygens (including phenoxy) is 2. The maximum absolute atomic E-state index is 13.9. The predicted molar refractivity (Wildman–Crippen MR) is 73.2 cm³/mol. The molecule has 0 aromatic heterocycles. The van der Waals surface area contributed by atoms with Gasteiger partial charge < -0.3 is 25.0 Å². The van der Waals surface area contributed by atoms with Gasteiger partial charge >= 0.3 is 0 Å². The van der Waals surface area contributed by atoms with Crippen molar-refractivity contribution in [3.63, 3.8) is 0 Å². The van der Waals surface area contributed by atoms with Gasteiger partial charge in [-0.25, -0.2) is 4.39 Å². The summed E-state index contributed by atoms with van der Waals surface area (Å²) in [5.74, 6) is -0.657.